The van der Waals surface area contributed by atoms with Gasteiger partial charge in [-0.05, 0) is 25.7 Å². The Morgan fingerprint density at radius 3 is 2.55 bits per heavy atom. The highest BCUT2D eigenvalue weighted by molar-refractivity contribution is 5.09. The molecule has 0 radical (unpaired) electrons. The Kier molecular flexibility index (Phi) is 4.16. The van der Waals surface area contributed by atoms with Gasteiger partial charge in [-0.3, -0.25) is 14.4 Å². The molecule has 1 aromatic rings. The minimum Gasteiger partial charge on any atom is -0.299 e. The van der Waals surface area contributed by atoms with E-state index in [0.29, 0.717) is 12.0 Å². The quantitative estimate of drug-likeness (QED) is 0.927. The number of halogens is 1. The van der Waals surface area contributed by atoms with Crippen LogP contribution in [0.1, 0.15) is 74.9 Å². The number of nitrogens with zero attached hydrogens (tertiary/aromatic N) is 3. The topological polar surface area (TPSA) is 44.8 Å². The number of alkyl halides is 1. The van der Waals surface area contributed by atoms with E-state index >= 15 is 0 Å². The molecular formula is C17H27FN4. The number of aromatic nitrogens is 3. The van der Waals surface area contributed by atoms with Gasteiger partial charge in [0.2, 0.25) is 0 Å². The van der Waals surface area contributed by atoms with Crippen LogP contribution in [0.5, 0.6) is 0 Å². The molecule has 0 bridgehead atoms. The minimum atomic E-state index is -0.243. The van der Waals surface area contributed by atoms with Gasteiger partial charge in [0.05, 0.1) is 6.67 Å². The molecular weight excluding hydrogens is 279 g/mol. The fraction of sp³-hybridized carbons (Fsp3) is 0.882. The fourth-order valence-corrected chi connectivity index (χ4v) is 4.42. The smallest absolute Gasteiger partial charge is 0.153 e. The molecule has 122 valence electrons. The van der Waals surface area contributed by atoms with Crippen LogP contribution in [-0.4, -0.2) is 45.9 Å². The fourth-order valence-electron chi connectivity index (χ4n) is 4.42. The zero-order chi connectivity index (χ0) is 14.9. The molecule has 2 saturated carbocycles. The molecule has 2 atom stereocenters. The minimum absolute atomic E-state index is 0.0905. The van der Waals surface area contributed by atoms with Crippen LogP contribution in [0.15, 0.2) is 0 Å². The largest absolute Gasteiger partial charge is 0.299 e. The van der Waals surface area contributed by atoms with Gasteiger partial charge in [0, 0.05) is 36.9 Å². The first-order valence-corrected chi connectivity index (χ1v) is 9.07. The summed E-state index contributed by atoms with van der Waals surface area (Å²) in [6, 6.07) is 0.694. The molecule has 4 nitrogen and oxygen atoms in total. The maximum Gasteiger partial charge on any atom is 0.153 e. The Morgan fingerprint density at radius 2 is 1.86 bits per heavy atom. The van der Waals surface area contributed by atoms with Gasteiger partial charge in [-0.1, -0.05) is 25.7 Å². The number of rotatable bonds is 4. The molecule has 1 aromatic heterocycles. The molecule has 2 aliphatic carbocycles. The Bertz CT molecular complexity index is 493. The van der Waals surface area contributed by atoms with Gasteiger partial charge >= 0.3 is 0 Å². The van der Waals surface area contributed by atoms with Crippen molar-refractivity contribution in [2.45, 2.75) is 69.2 Å². The predicted octanol–water partition coefficient (Wildman–Crippen LogP) is 3.39. The standard InChI is InChI=1S/C17H27FN4/c18-9-13-10-22(14-7-4-8-14)11-15(13)17-19-16(20-21-17)12-5-2-1-3-6-12/h12-15H,1-11H2,(H,19,20,21)/t13-,15-/m1/s1. The van der Waals surface area contributed by atoms with Gasteiger partial charge < -0.3 is 0 Å². The summed E-state index contributed by atoms with van der Waals surface area (Å²) in [7, 11) is 0. The van der Waals surface area contributed by atoms with Crippen LogP contribution in [-0.2, 0) is 0 Å². The summed E-state index contributed by atoms with van der Waals surface area (Å²) in [6.45, 7) is 1.61. The maximum atomic E-state index is 13.5. The van der Waals surface area contributed by atoms with E-state index in [0.717, 1.165) is 24.7 Å². The van der Waals surface area contributed by atoms with Gasteiger partial charge in [-0.15, -0.1) is 0 Å². The summed E-state index contributed by atoms with van der Waals surface area (Å²) in [5, 5.41) is 7.63. The van der Waals surface area contributed by atoms with E-state index in [1.54, 1.807) is 0 Å². The highest BCUT2D eigenvalue weighted by Gasteiger charge is 2.40. The summed E-state index contributed by atoms with van der Waals surface area (Å²) in [6.07, 6.45) is 10.3. The third-order valence-electron chi connectivity index (χ3n) is 6.10. The number of hydrogen-bond donors (Lipinski definition) is 1. The number of likely N-dealkylation sites (tertiary alicyclic amines) is 1. The molecule has 1 aliphatic heterocycles. The van der Waals surface area contributed by atoms with Gasteiger partial charge in [0.1, 0.15) is 5.82 Å². The number of H-pyrrole nitrogens is 1. The highest BCUT2D eigenvalue weighted by Crippen LogP contribution is 2.38. The van der Waals surface area contributed by atoms with Gasteiger partial charge in [0.15, 0.2) is 5.82 Å². The molecule has 2 heterocycles. The first kappa shape index (κ1) is 14.6. The van der Waals surface area contributed by atoms with E-state index in [9.17, 15) is 4.39 Å². The molecule has 1 N–H and O–H groups in total. The number of nitrogens with one attached hydrogen (secondary N) is 1. The van der Waals surface area contributed by atoms with Gasteiger partial charge in [-0.25, -0.2) is 4.98 Å². The van der Waals surface area contributed by atoms with Crippen LogP contribution in [0.4, 0.5) is 4.39 Å². The second-order valence-corrected chi connectivity index (χ2v) is 7.47. The van der Waals surface area contributed by atoms with Crippen LogP contribution in [0.25, 0.3) is 0 Å². The summed E-state index contributed by atoms with van der Waals surface area (Å²) in [4.78, 5) is 7.28. The van der Waals surface area contributed by atoms with Crippen LogP contribution in [0.3, 0.4) is 0 Å². The summed E-state index contributed by atoms with van der Waals surface area (Å²) < 4.78 is 13.5. The Labute approximate surface area is 131 Å². The molecule has 3 fully saturated rings. The molecule has 4 rings (SSSR count). The van der Waals surface area contributed by atoms with Crippen molar-refractivity contribution in [1.82, 2.24) is 20.1 Å². The molecule has 1 saturated heterocycles. The van der Waals surface area contributed by atoms with Crippen molar-refractivity contribution in [3.8, 4) is 0 Å². The average molecular weight is 306 g/mol. The van der Waals surface area contributed by atoms with E-state index in [-0.39, 0.29) is 18.5 Å². The van der Waals surface area contributed by atoms with Crippen LogP contribution in [0, 0.1) is 5.92 Å². The SMILES string of the molecule is FC[C@@H]1CN(C2CCC2)C[C@H]1c1nc(C2CCCCC2)n[nH]1. The Balaban J connectivity index is 1.47. The first-order valence-electron chi connectivity index (χ1n) is 9.07. The molecule has 0 spiro atoms. The van der Waals surface area contributed by atoms with Crippen LogP contribution < -0.4 is 0 Å². The van der Waals surface area contributed by atoms with Gasteiger partial charge in [0.25, 0.3) is 0 Å². The van der Waals surface area contributed by atoms with Crippen LogP contribution >= 0.6 is 0 Å². The summed E-state index contributed by atoms with van der Waals surface area (Å²) in [5.41, 5.74) is 0. The maximum absolute atomic E-state index is 13.5. The van der Waals surface area contributed by atoms with E-state index < -0.39 is 0 Å². The molecule has 22 heavy (non-hydrogen) atoms. The van der Waals surface area contributed by atoms with E-state index in [2.05, 4.69) is 15.1 Å². The Morgan fingerprint density at radius 1 is 1.05 bits per heavy atom. The highest BCUT2D eigenvalue weighted by atomic mass is 19.1. The molecule has 0 aromatic carbocycles. The zero-order valence-electron chi connectivity index (χ0n) is 13.3. The van der Waals surface area contributed by atoms with Crippen molar-refractivity contribution < 1.29 is 4.39 Å². The second-order valence-electron chi connectivity index (χ2n) is 7.47. The van der Waals surface area contributed by atoms with Crippen molar-refractivity contribution in [2.24, 2.45) is 5.92 Å². The van der Waals surface area contributed by atoms with Crippen molar-refractivity contribution in [3.63, 3.8) is 0 Å². The number of aromatic amines is 1. The normalized spacial score (nSPS) is 31.5. The lowest BCUT2D eigenvalue weighted by atomic mass is 9.89. The van der Waals surface area contributed by atoms with E-state index in [1.807, 2.05) is 0 Å². The van der Waals surface area contributed by atoms with Crippen molar-refractivity contribution in [1.29, 1.82) is 0 Å². The lowest BCUT2D eigenvalue weighted by Gasteiger charge is -2.34. The monoisotopic (exact) mass is 306 g/mol. The zero-order valence-corrected chi connectivity index (χ0v) is 13.3. The average Bonchev–Trinajstić information content (AvgIpc) is 3.12. The lowest BCUT2D eigenvalue weighted by molar-refractivity contribution is 0.150. The van der Waals surface area contributed by atoms with Crippen molar-refractivity contribution in [3.05, 3.63) is 11.6 Å². The number of hydrogen-bond acceptors (Lipinski definition) is 3. The molecule has 0 unspecified atom stereocenters. The summed E-state index contributed by atoms with van der Waals surface area (Å²) >= 11 is 0. The summed E-state index contributed by atoms with van der Waals surface area (Å²) in [5.74, 6) is 2.73. The van der Waals surface area contributed by atoms with E-state index in [4.69, 9.17) is 4.98 Å². The second kappa shape index (κ2) is 6.26. The Hall–Kier alpha value is -0.970. The van der Waals surface area contributed by atoms with Gasteiger partial charge in [-0.2, -0.15) is 5.10 Å². The van der Waals surface area contributed by atoms with Crippen molar-refractivity contribution >= 4 is 0 Å². The third kappa shape index (κ3) is 2.68. The first-order chi connectivity index (χ1) is 10.8. The van der Waals surface area contributed by atoms with Crippen LogP contribution in [0.2, 0.25) is 0 Å². The predicted molar refractivity (Wildman–Crippen MR) is 83.6 cm³/mol. The molecule has 0 amide bonds. The third-order valence-corrected chi connectivity index (χ3v) is 6.10. The van der Waals surface area contributed by atoms with Crippen molar-refractivity contribution in [2.75, 3.05) is 19.8 Å². The van der Waals surface area contributed by atoms with E-state index in [1.165, 1.54) is 51.4 Å². The molecule has 5 heteroatoms. The molecule has 3 aliphatic rings. The lowest BCUT2D eigenvalue weighted by Crippen LogP contribution is -2.38.